The van der Waals surface area contributed by atoms with Crippen LogP contribution >= 0.6 is 0 Å². The molecule has 1 rings (SSSR count). The van der Waals surface area contributed by atoms with Crippen LogP contribution in [0, 0.1) is 16.0 Å². The molecule has 17 heavy (non-hydrogen) atoms. The van der Waals surface area contributed by atoms with Crippen LogP contribution in [0.25, 0.3) is 0 Å². The van der Waals surface area contributed by atoms with Gasteiger partial charge in [0, 0.05) is 17.0 Å². The Bertz CT molecular complexity index is 421. The highest BCUT2D eigenvalue weighted by Crippen LogP contribution is 2.36. The van der Waals surface area contributed by atoms with Crippen LogP contribution in [0.15, 0.2) is 18.2 Å². The van der Waals surface area contributed by atoms with Crippen LogP contribution in [0.5, 0.6) is 0 Å². The molecule has 1 aromatic rings. The van der Waals surface area contributed by atoms with Crippen molar-refractivity contribution in [3.63, 3.8) is 0 Å². The van der Waals surface area contributed by atoms with Crippen LogP contribution in [0.4, 0.5) is 5.69 Å². The quantitative estimate of drug-likeness (QED) is 0.648. The number of nitro groups is 1. The predicted octanol–water partition coefficient (Wildman–Crippen LogP) is 2.83. The number of aliphatic hydroxyl groups is 1. The topological polar surface area (TPSA) is 63.4 Å². The van der Waals surface area contributed by atoms with E-state index in [0.29, 0.717) is 17.0 Å². The maximum Gasteiger partial charge on any atom is 0.276 e. The van der Waals surface area contributed by atoms with Gasteiger partial charge in [0.2, 0.25) is 0 Å². The number of nitrogens with zero attached hydrogens (tertiary/aromatic N) is 1. The van der Waals surface area contributed by atoms with Gasteiger partial charge in [-0.1, -0.05) is 45.9 Å². The fourth-order valence-electron chi connectivity index (χ4n) is 1.77. The molecule has 93 valence electrons. The minimum Gasteiger partial charge on any atom is -0.395 e. The third-order valence-corrected chi connectivity index (χ3v) is 2.72. The number of hydrogen-bond acceptors (Lipinski definition) is 3. The molecule has 0 saturated heterocycles. The monoisotopic (exact) mass is 236 g/mol. The summed E-state index contributed by atoms with van der Waals surface area (Å²) < 4.78 is 0. The Morgan fingerprint density at radius 2 is 2.00 bits per heavy atom. The minimum atomic E-state index is -0.366. The summed E-state index contributed by atoms with van der Waals surface area (Å²) in [6.07, 6.45) is 0. The van der Waals surface area contributed by atoms with Gasteiger partial charge in [0.25, 0.3) is 5.69 Å². The third kappa shape index (κ3) is 2.82. The van der Waals surface area contributed by atoms with E-state index >= 15 is 0 Å². The highest BCUT2D eigenvalue weighted by molar-refractivity contribution is 5.56. The Labute approximate surface area is 101 Å². The van der Waals surface area contributed by atoms with Gasteiger partial charge in [0.15, 0.2) is 0 Å². The molecule has 0 aliphatic heterocycles. The van der Waals surface area contributed by atoms with Crippen LogP contribution in [0.1, 0.15) is 38.8 Å². The summed E-state index contributed by atoms with van der Waals surface area (Å²) >= 11 is 0. The van der Waals surface area contributed by atoms with E-state index in [9.17, 15) is 10.1 Å². The first-order valence-electron chi connectivity index (χ1n) is 5.50. The van der Waals surface area contributed by atoms with Crippen molar-refractivity contribution in [3.8, 4) is 0 Å². The molecular formula is C13H18NO3. The SMILES string of the molecule is C[C](CO)c1cccc(C(C)(C)C)c1[N+](=O)[O-]. The molecular weight excluding hydrogens is 218 g/mol. The molecule has 0 bridgehead atoms. The van der Waals surface area contributed by atoms with Crippen molar-refractivity contribution in [3.05, 3.63) is 45.4 Å². The average Bonchev–Trinajstić information content (AvgIpc) is 2.25. The predicted molar refractivity (Wildman–Crippen MR) is 66.9 cm³/mol. The Kier molecular flexibility index (Phi) is 3.88. The maximum absolute atomic E-state index is 11.2. The largest absolute Gasteiger partial charge is 0.395 e. The van der Waals surface area contributed by atoms with E-state index in [-0.39, 0.29) is 22.6 Å². The van der Waals surface area contributed by atoms with Gasteiger partial charge < -0.3 is 5.11 Å². The van der Waals surface area contributed by atoms with Gasteiger partial charge in [-0.15, -0.1) is 0 Å². The van der Waals surface area contributed by atoms with Gasteiger partial charge >= 0.3 is 0 Å². The van der Waals surface area contributed by atoms with Crippen molar-refractivity contribution in [1.82, 2.24) is 0 Å². The Morgan fingerprint density at radius 3 is 2.41 bits per heavy atom. The lowest BCUT2D eigenvalue weighted by molar-refractivity contribution is -0.386. The summed E-state index contributed by atoms with van der Waals surface area (Å²) in [6, 6.07) is 5.24. The Hall–Kier alpha value is -1.42. The molecule has 0 saturated carbocycles. The molecule has 1 N–H and O–H groups in total. The minimum absolute atomic E-state index is 0.103. The lowest BCUT2D eigenvalue weighted by atomic mass is 9.83. The molecule has 0 aliphatic carbocycles. The van der Waals surface area contributed by atoms with Gasteiger partial charge in [-0.25, -0.2) is 0 Å². The molecule has 1 radical (unpaired) electrons. The first-order chi connectivity index (χ1) is 7.79. The van der Waals surface area contributed by atoms with E-state index in [2.05, 4.69) is 0 Å². The maximum atomic E-state index is 11.2. The number of hydrogen-bond donors (Lipinski definition) is 1. The number of benzene rings is 1. The second kappa shape index (κ2) is 4.84. The van der Waals surface area contributed by atoms with E-state index in [4.69, 9.17) is 5.11 Å². The smallest absolute Gasteiger partial charge is 0.276 e. The van der Waals surface area contributed by atoms with Crippen LogP contribution in [0.2, 0.25) is 0 Å². The van der Waals surface area contributed by atoms with Gasteiger partial charge in [-0.3, -0.25) is 10.1 Å². The molecule has 4 heteroatoms. The molecule has 0 amide bonds. The standard InChI is InChI=1S/C13H18NO3/c1-9(8-15)10-6-5-7-11(13(2,3)4)12(10)14(16)17/h5-7,15H,8H2,1-4H3. The van der Waals surface area contributed by atoms with Crippen molar-refractivity contribution in [1.29, 1.82) is 0 Å². The highest BCUT2D eigenvalue weighted by atomic mass is 16.6. The first kappa shape index (κ1) is 13.6. The second-order valence-electron chi connectivity index (χ2n) is 5.15. The molecule has 0 heterocycles. The Balaban J connectivity index is 3.48. The normalized spacial score (nSPS) is 11.9. The summed E-state index contributed by atoms with van der Waals surface area (Å²) in [7, 11) is 0. The molecule has 0 atom stereocenters. The molecule has 1 aromatic carbocycles. The highest BCUT2D eigenvalue weighted by Gasteiger charge is 2.29. The summed E-state index contributed by atoms with van der Waals surface area (Å²) in [5.74, 6) is 0.614. The molecule has 0 fully saturated rings. The number of para-hydroxylation sites is 1. The van der Waals surface area contributed by atoms with Crippen molar-refractivity contribution in [2.45, 2.75) is 33.1 Å². The second-order valence-corrected chi connectivity index (χ2v) is 5.15. The van der Waals surface area contributed by atoms with E-state index in [1.807, 2.05) is 20.8 Å². The number of aliphatic hydroxyl groups excluding tert-OH is 1. The van der Waals surface area contributed by atoms with Crippen LogP contribution < -0.4 is 0 Å². The molecule has 0 spiro atoms. The molecule has 0 unspecified atom stereocenters. The van der Waals surface area contributed by atoms with E-state index < -0.39 is 0 Å². The van der Waals surface area contributed by atoms with E-state index in [1.165, 1.54) is 0 Å². The van der Waals surface area contributed by atoms with Gasteiger partial charge in [0.1, 0.15) is 0 Å². The Morgan fingerprint density at radius 1 is 1.41 bits per heavy atom. The lowest BCUT2D eigenvalue weighted by Crippen LogP contribution is -2.16. The third-order valence-electron chi connectivity index (χ3n) is 2.72. The number of rotatable bonds is 3. The van der Waals surface area contributed by atoms with Crippen LogP contribution in [-0.2, 0) is 5.41 Å². The van der Waals surface area contributed by atoms with Gasteiger partial charge in [-0.05, 0) is 5.41 Å². The number of nitro benzene ring substituents is 1. The van der Waals surface area contributed by atoms with Crippen LogP contribution in [-0.4, -0.2) is 16.6 Å². The molecule has 0 aliphatic rings. The van der Waals surface area contributed by atoms with Crippen molar-refractivity contribution in [2.75, 3.05) is 6.61 Å². The summed E-state index contributed by atoms with van der Waals surface area (Å²) in [5.41, 5.74) is 1.01. The van der Waals surface area contributed by atoms with E-state index in [0.717, 1.165) is 0 Å². The summed E-state index contributed by atoms with van der Waals surface area (Å²) in [6.45, 7) is 7.34. The zero-order chi connectivity index (χ0) is 13.2. The van der Waals surface area contributed by atoms with Crippen molar-refractivity contribution < 1.29 is 10.0 Å². The van der Waals surface area contributed by atoms with Crippen molar-refractivity contribution in [2.24, 2.45) is 0 Å². The zero-order valence-corrected chi connectivity index (χ0v) is 10.7. The molecule has 0 aromatic heterocycles. The lowest BCUT2D eigenvalue weighted by Gasteiger charge is -2.21. The average molecular weight is 236 g/mol. The first-order valence-corrected chi connectivity index (χ1v) is 5.50. The fourth-order valence-corrected chi connectivity index (χ4v) is 1.77. The fraction of sp³-hybridized carbons (Fsp3) is 0.462. The summed E-state index contributed by atoms with van der Waals surface area (Å²) in [5, 5.41) is 20.3. The van der Waals surface area contributed by atoms with E-state index in [1.54, 1.807) is 25.1 Å². The van der Waals surface area contributed by atoms with Crippen molar-refractivity contribution >= 4 is 5.69 Å². The molecule has 4 nitrogen and oxygen atoms in total. The summed E-state index contributed by atoms with van der Waals surface area (Å²) in [4.78, 5) is 10.9. The van der Waals surface area contributed by atoms with Gasteiger partial charge in [-0.2, -0.15) is 0 Å². The zero-order valence-electron chi connectivity index (χ0n) is 10.7. The van der Waals surface area contributed by atoms with Crippen LogP contribution in [0.3, 0.4) is 0 Å². The van der Waals surface area contributed by atoms with Gasteiger partial charge in [0.05, 0.1) is 11.5 Å².